The Bertz CT molecular complexity index is 1420. The molecule has 0 radical (unpaired) electrons. The number of benzene rings is 2. The van der Waals surface area contributed by atoms with Crippen LogP contribution in [0.4, 0.5) is 5.69 Å². The van der Waals surface area contributed by atoms with Gasteiger partial charge >= 0.3 is 5.69 Å². The van der Waals surface area contributed by atoms with Crippen LogP contribution in [0.3, 0.4) is 0 Å². The Balaban J connectivity index is 1.72. The first kappa shape index (κ1) is 26.4. The molecule has 4 aromatic rings. The van der Waals surface area contributed by atoms with Gasteiger partial charge < -0.3 is 15.6 Å². The zero-order valence-corrected chi connectivity index (χ0v) is 21.9. The van der Waals surface area contributed by atoms with E-state index in [4.69, 9.17) is 10.7 Å². The van der Waals surface area contributed by atoms with Crippen LogP contribution in [0.25, 0.3) is 11.2 Å². The molecule has 8 heteroatoms. The third-order valence-corrected chi connectivity index (χ3v) is 6.68. The lowest BCUT2D eigenvalue weighted by atomic mass is 10.1. The van der Waals surface area contributed by atoms with Crippen molar-refractivity contribution in [2.75, 3.05) is 18.8 Å². The molecule has 2 heterocycles. The Kier molecular flexibility index (Phi) is 8.95. The van der Waals surface area contributed by atoms with Gasteiger partial charge in [-0.1, -0.05) is 56.3 Å². The van der Waals surface area contributed by atoms with Gasteiger partial charge in [0.2, 0.25) is 0 Å². The van der Waals surface area contributed by atoms with Crippen molar-refractivity contribution in [3.05, 3.63) is 92.4 Å². The van der Waals surface area contributed by atoms with Crippen LogP contribution in [0.1, 0.15) is 50.1 Å². The fourth-order valence-corrected chi connectivity index (χ4v) is 4.76. The Morgan fingerprint density at radius 1 is 0.838 bits per heavy atom. The molecule has 0 aliphatic rings. The SMILES string of the molecule is CCCn1c(=O)c2c(nc(Cc3ccccc3)n2CCNCC)n(CCCCc2ccc(N)cc2)c1=O. The Labute approximate surface area is 217 Å². The van der Waals surface area contributed by atoms with E-state index in [1.54, 1.807) is 4.57 Å². The second kappa shape index (κ2) is 12.5. The van der Waals surface area contributed by atoms with E-state index in [1.165, 1.54) is 10.1 Å². The van der Waals surface area contributed by atoms with E-state index in [-0.39, 0.29) is 11.2 Å². The molecule has 2 aromatic heterocycles. The summed E-state index contributed by atoms with van der Waals surface area (Å²) < 4.78 is 5.12. The molecule has 0 aliphatic carbocycles. The zero-order chi connectivity index (χ0) is 26.2. The molecule has 0 amide bonds. The van der Waals surface area contributed by atoms with Crippen LogP contribution < -0.4 is 22.3 Å². The van der Waals surface area contributed by atoms with Gasteiger partial charge in [0, 0.05) is 38.3 Å². The molecule has 37 heavy (non-hydrogen) atoms. The van der Waals surface area contributed by atoms with E-state index >= 15 is 0 Å². The highest BCUT2D eigenvalue weighted by atomic mass is 16.2. The molecule has 196 valence electrons. The normalized spacial score (nSPS) is 11.4. The van der Waals surface area contributed by atoms with Crippen LogP contribution in [0.5, 0.6) is 0 Å². The highest BCUT2D eigenvalue weighted by Gasteiger charge is 2.21. The van der Waals surface area contributed by atoms with Crippen molar-refractivity contribution in [2.45, 2.75) is 65.6 Å². The van der Waals surface area contributed by atoms with Crippen LogP contribution in [0, 0.1) is 0 Å². The third kappa shape index (κ3) is 6.20. The van der Waals surface area contributed by atoms with Crippen LogP contribution in [-0.4, -0.2) is 31.8 Å². The Morgan fingerprint density at radius 2 is 1.59 bits per heavy atom. The second-order valence-electron chi connectivity index (χ2n) is 9.46. The molecule has 0 saturated carbocycles. The van der Waals surface area contributed by atoms with Crippen molar-refractivity contribution in [2.24, 2.45) is 0 Å². The van der Waals surface area contributed by atoms with Crippen molar-refractivity contribution < 1.29 is 0 Å². The first-order valence-corrected chi connectivity index (χ1v) is 13.3. The maximum absolute atomic E-state index is 13.6. The van der Waals surface area contributed by atoms with E-state index in [9.17, 15) is 9.59 Å². The third-order valence-electron chi connectivity index (χ3n) is 6.68. The van der Waals surface area contributed by atoms with E-state index < -0.39 is 0 Å². The van der Waals surface area contributed by atoms with Gasteiger partial charge in [0.05, 0.1) is 0 Å². The summed E-state index contributed by atoms with van der Waals surface area (Å²) >= 11 is 0. The van der Waals surface area contributed by atoms with E-state index in [0.29, 0.717) is 43.6 Å². The molecule has 0 atom stereocenters. The fourth-order valence-electron chi connectivity index (χ4n) is 4.76. The summed E-state index contributed by atoms with van der Waals surface area (Å²) in [5.74, 6) is 0.806. The molecule has 4 rings (SSSR count). The molecule has 0 saturated heterocycles. The number of nitrogen functional groups attached to an aromatic ring is 1. The average Bonchev–Trinajstić information content (AvgIpc) is 3.25. The van der Waals surface area contributed by atoms with Crippen molar-refractivity contribution in [1.82, 2.24) is 24.0 Å². The topological polar surface area (TPSA) is 99.9 Å². The highest BCUT2D eigenvalue weighted by Crippen LogP contribution is 2.17. The predicted octanol–water partition coefficient (Wildman–Crippen LogP) is 3.58. The summed E-state index contributed by atoms with van der Waals surface area (Å²) in [6.45, 7) is 7.14. The van der Waals surface area contributed by atoms with Crippen LogP contribution in [0.2, 0.25) is 0 Å². The molecule has 3 N–H and O–H groups in total. The minimum Gasteiger partial charge on any atom is -0.399 e. The average molecular weight is 503 g/mol. The molecule has 0 unspecified atom stereocenters. The number of hydrogen-bond donors (Lipinski definition) is 2. The summed E-state index contributed by atoms with van der Waals surface area (Å²) in [5.41, 5.74) is 9.40. The first-order valence-electron chi connectivity index (χ1n) is 13.3. The quantitative estimate of drug-likeness (QED) is 0.215. The number of fused-ring (bicyclic) bond motifs is 1. The largest absolute Gasteiger partial charge is 0.399 e. The number of aryl methyl sites for hydroxylation is 2. The zero-order valence-electron chi connectivity index (χ0n) is 21.9. The first-order chi connectivity index (χ1) is 18.0. The number of unbranched alkanes of at least 4 members (excludes halogenated alkanes) is 1. The molecular formula is C29H38N6O2. The Hall–Kier alpha value is -3.65. The maximum atomic E-state index is 13.6. The molecule has 0 spiro atoms. The monoisotopic (exact) mass is 502 g/mol. The number of imidazole rings is 1. The lowest BCUT2D eigenvalue weighted by Gasteiger charge is -2.13. The number of nitrogens with one attached hydrogen (secondary N) is 1. The van der Waals surface area contributed by atoms with Gasteiger partial charge in [0.15, 0.2) is 11.2 Å². The lowest BCUT2D eigenvalue weighted by molar-refractivity contribution is 0.534. The van der Waals surface area contributed by atoms with Gasteiger partial charge in [0.25, 0.3) is 5.56 Å². The van der Waals surface area contributed by atoms with Crippen molar-refractivity contribution >= 4 is 16.9 Å². The molecule has 0 fully saturated rings. The molecular weight excluding hydrogens is 464 g/mol. The molecule has 0 aliphatic heterocycles. The lowest BCUT2D eigenvalue weighted by Crippen LogP contribution is -2.41. The second-order valence-corrected chi connectivity index (χ2v) is 9.46. The number of anilines is 1. The minimum atomic E-state index is -0.269. The van der Waals surface area contributed by atoms with Gasteiger partial charge in [-0.05, 0) is 55.5 Å². The van der Waals surface area contributed by atoms with Crippen LogP contribution >= 0.6 is 0 Å². The summed E-state index contributed by atoms with van der Waals surface area (Å²) in [5, 5.41) is 3.35. The number of nitrogens with two attached hydrogens (primary N) is 1. The van der Waals surface area contributed by atoms with E-state index in [1.807, 2.05) is 54.0 Å². The van der Waals surface area contributed by atoms with E-state index in [2.05, 4.69) is 24.4 Å². The molecule has 2 aromatic carbocycles. The summed E-state index contributed by atoms with van der Waals surface area (Å²) in [7, 11) is 0. The number of rotatable bonds is 13. The molecule has 8 nitrogen and oxygen atoms in total. The maximum Gasteiger partial charge on any atom is 0.332 e. The molecule has 0 bridgehead atoms. The number of hydrogen-bond acceptors (Lipinski definition) is 5. The van der Waals surface area contributed by atoms with Crippen molar-refractivity contribution in [3.63, 3.8) is 0 Å². The summed E-state index contributed by atoms with van der Waals surface area (Å²) in [6.07, 6.45) is 3.94. The van der Waals surface area contributed by atoms with Gasteiger partial charge in [-0.15, -0.1) is 0 Å². The highest BCUT2D eigenvalue weighted by molar-refractivity contribution is 5.71. The summed E-state index contributed by atoms with van der Waals surface area (Å²) in [6, 6.07) is 18.0. The Morgan fingerprint density at radius 3 is 2.30 bits per heavy atom. The minimum absolute atomic E-state index is 0.247. The van der Waals surface area contributed by atoms with Crippen molar-refractivity contribution in [3.8, 4) is 0 Å². The van der Waals surface area contributed by atoms with Crippen LogP contribution in [0.15, 0.2) is 64.2 Å². The number of aromatic nitrogens is 4. The van der Waals surface area contributed by atoms with Crippen LogP contribution in [-0.2, 0) is 32.5 Å². The smallest absolute Gasteiger partial charge is 0.332 e. The van der Waals surface area contributed by atoms with E-state index in [0.717, 1.165) is 49.4 Å². The van der Waals surface area contributed by atoms with Gasteiger partial charge in [-0.2, -0.15) is 0 Å². The number of likely N-dealkylation sites (N-methyl/N-ethyl adjacent to an activating group) is 1. The standard InChI is InChI=1S/C29H38N6O2/c1-3-18-35-28(36)26-27(34(29(35)37)19-9-8-10-22-13-15-24(30)16-14-22)32-25(33(26)20-17-31-4-2)21-23-11-6-5-7-12-23/h5-7,11-16,31H,3-4,8-10,17-21,30H2,1-2H3. The number of nitrogens with zero attached hydrogens (tertiary/aromatic N) is 4. The van der Waals surface area contributed by atoms with Gasteiger partial charge in [-0.25, -0.2) is 9.78 Å². The van der Waals surface area contributed by atoms with Gasteiger partial charge in [-0.3, -0.25) is 13.9 Å². The fraction of sp³-hybridized carbons (Fsp3) is 0.414. The van der Waals surface area contributed by atoms with Crippen molar-refractivity contribution in [1.29, 1.82) is 0 Å². The predicted molar refractivity (Wildman–Crippen MR) is 150 cm³/mol. The van der Waals surface area contributed by atoms with Gasteiger partial charge in [0.1, 0.15) is 5.82 Å². The summed E-state index contributed by atoms with van der Waals surface area (Å²) in [4.78, 5) is 32.0.